The summed E-state index contributed by atoms with van der Waals surface area (Å²) in [5.74, 6) is 0.397. The highest BCUT2D eigenvalue weighted by molar-refractivity contribution is 5.88. The van der Waals surface area contributed by atoms with Crippen molar-refractivity contribution in [3.63, 3.8) is 0 Å². The maximum atomic E-state index is 13.2. The van der Waals surface area contributed by atoms with E-state index in [1.807, 2.05) is 68.4 Å². The summed E-state index contributed by atoms with van der Waals surface area (Å²) in [7, 11) is 0. The minimum atomic E-state index is -0.514. The van der Waals surface area contributed by atoms with Crippen LogP contribution in [0.15, 0.2) is 54.6 Å². The Morgan fingerprint density at radius 3 is 2.37 bits per heavy atom. The van der Waals surface area contributed by atoms with Gasteiger partial charge >= 0.3 is 0 Å². The molecule has 2 aromatic carbocycles. The van der Waals surface area contributed by atoms with Gasteiger partial charge in [-0.05, 0) is 43.9 Å². The van der Waals surface area contributed by atoms with Crippen molar-refractivity contribution in [1.82, 2.24) is 10.2 Å². The molecule has 0 aliphatic heterocycles. The third-order valence-electron chi connectivity index (χ3n) is 5.67. The van der Waals surface area contributed by atoms with Crippen LogP contribution in [0.4, 0.5) is 0 Å². The van der Waals surface area contributed by atoms with Crippen molar-refractivity contribution in [2.45, 2.75) is 64.6 Å². The molecule has 0 radical (unpaired) electrons. The van der Waals surface area contributed by atoms with E-state index in [4.69, 9.17) is 4.74 Å². The molecule has 1 atom stereocenters. The van der Waals surface area contributed by atoms with Gasteiger partial charge in [0.1, 0.15) is 11.8 Å². The highest BCUT2D eigenvalue weighted by Crippen LogP contribution is 2.19. The van der Waals surface area contributed by atoms with Crippen LogP contribution in [0.3, 0.4) is 0 Å². The van der Waals surface area contributed by atoms with Crippen LogP contribution in [0.2, 0.25) is 0 Å². The summed E-state index contributed by atoms with van der Waals surface area (Å²) in [4.78, 5) is 27.8. The van der Waals surface area contributed by atoms with Crippen molar-refractivity contribution in [1.29, 1.82) is 0 Å². The number of rotatable bonds is 9. The van der Waals surface area contributed by atoms with Gasteiger partial charge in [0.05, 0.1) is 0 Å². The van der Waals surface area contributed by atoms with Crippen LogP contribution in [-0.2, 0) is 16.1 Å². The average Bonchev–Trinajstić information content (AvgIpc) is 3.26. The summed E-state index contributed by atoms with van der Waals surface area (Å²) in [5.41, 5.74) is 2.13. The number of aryl methyl sites for hydroxylation is 1. The first-order valence-corrected chi connectivity index (χ1v) is 10.9. The molecule has 0 spiro atoms. The van der Waals surface area contributed by atoms with Crippen molar-refractivity contribution >= 4 is 11.8 Å². The summed E-state index contributed by atoms with van der Waals surface area (Å²) in [5, 5.41) is 3.16. The minimum absolute atomic E-state index is 0.0657. The van der Waals surface area contributed by atoms with Crippen LogP contribution in [0.5, 0.6) is 5.75 Å². The Balaban J connectivity index is 1.72. The molecule has 30 heavy (non-hydrogen) atoms. The molecule has 0 heterocycles. The average molecular weight is 409 g/mol. The van der Waals surface area contributed by atoms with E-state index in [1.165, 1.54) is 0 Å². The minimum Gasteiger partial charge on any atom is -0.484 e. The molecule has 0 aromatic heterocycles. The molecule has 1 N–H and O–H groups in total. The zero-order valence-electron chi connectivity index (χ0n) is 18.0. The predicted molar refractivity (Wildman–Crippen MR) is 118 cm³/mol. The largest absolute Gasteiger partial charge is 0.484 e. The fourth-order valence-electron chi connectivity index (χ4n) is 3.93. The molecule has 3 rings (SSSR count). The molecule has 160 valence electrons. The molecule has 1 fully saturated rings. The standard InChI is InChI=1S/C25H32N2O3/c1-3-23(25(29)26-21-11-7-8-12-21)27(17-20-9-5-4-6-10-20)24(28)18-30-22-15-13-19(2)14-16-22/h4-6,9-10,13-16,21,23H,3,7-8,11-12,17-18H2,1-2H3,(H,26,29)/t23-/m1/s1. The number of hydrogen-bond acceptors (Lipinski definition) is 3. The SMILES string of the molecule is CC[C@H](C(=O)NC1CCCC1)N(Cc1ccccc1)C(=O)COc1ccc(C)cc1. The molecule has 1 aliphatic carbocycles. The number of nitrogens with one attached hydrogen (secondary N) is 1. The molecule has 1 saturated carbocycles. The Morgan fingerprint density at radius 1 is 1.07 bits per heavy atom. The van der Waals surface area contributed by atoms with Crippen molar-refractivity contribution in [2.24, 2.45) is 0 Å². The predicted octanol–water partition coefficient (Wildman–Crippen LogP) is 4.24. The van der Waals surface area contributed by atoms with Gasteiger partial charge in [0, 0.05) is 12.6 Å². The summed E-state index contributed by atoms with van der Waals surface area (Å²) in [6.45, 7) is 4.24. The normalized spacial score (nSPS) is 14.9. The van der Waals surface area contributed by atoms with E-state index in [-0.39, 0.29) is 24.5 Å². The van der Waals surface area contributed by atoms with Crippen molar-refractivity contribution in [2.75, 3.05) is 6.61 Å². The van der Waals surface area contributed by atoms with Gasteiger partial charge in [-0.15, -0.1) is 0 Å². The van der Waals surface area contributed by atoms with E-state index in [0.29, 0.717) is 18.7 Å². The van der Waals surface area contributed by atoms with E-state index in [1.54, 1.807) is 4.90 Å². The van der Waals surface area contributed by atoms with Crippen LogP contribution in [0, 0.1) is 6.92 Å². The van der Waals surface area contributed by atoms with E-state index >= 15 is 0 Å². The topological polar surface area (TPSA) is 58.6 Å². The lowest BCUT2D eigenvalue weighted by Gasteiger charge is -2.31. The maximum absolute atomic E-state index is 13.2. The zero-order valence-corrected chi connectivity index (χ0v) is 18.0. The number of carbonyl (C=O) groups is 2. The number of amides is 2. The van der Waals surface area contributed by atoms with Gasteiger partial charge in [-0.3, -0.25) is 9.59 Å². The summed E-state index contributed by atoms with van der Waals surface area (Å²) in [6.07, 6.45) is 4.90. The quantitative estimate of drug-likeness (QED) is 0.675. The van der Waals surface area contributed by atoms with E-state index in [2.05, 4.69) is 5.32 Å². The van der Waals surface area contributed by atoms with E-state index in [9.17, 15) is 9.59 Å². The van der Waals surface area contributed by atoms with Gasteiger partial charge in [0.15, 0.2) is 6.61 Å². The second-order valence-electron chi connectivity index (χ2n) is 8.02. The number of benzene rings is 2. The highest BCUT2D eigenvalue weighted by atomic mass is 16.5. The molecule has 2 amide bonds. The van der Waals surface area contributed by atoms with Gasteiger partial charge in [-0.25, -0.2) is 0 Å². The summed E-state index contributed by atoms with van der Waals surface area (Å²) >= 11 is 0. The fraction of sp³-hybridized carbons (Fsp3) is 0.440. The Bertz CT molecular complexity index is 814. The molecular formula is C25H32N2O3. The molecule has 5 nitrogen and oxygen atoms in total. The monoisotopic (exact) mass is 408 g/mol. The number of hydrogen-bond donors (Lipinski definition) is 1. The molecule has 1 aliphatic rings. The van der Waals surface area contributed by atoms with Gasteiger partial charge < -0.3 is 15.0 Å². The summed E-state index contributed by atoms with van der Waals surface area (Å²) < 4.78 is 5.73. The first-order chi connectivity index (χ1) is 14.6. The van der Waals surface area contributed by atoms with Crippen LogP contribution in [-0.4, -0.2) is 35.4 Å². The zero-order chi connectivity index (χ0) is 21.3. The maximum Gasteiger partial charge on any atom is 0.261 e. The molecular weight excluding hydrogens is 376 g/mol. The van der Waals surface area contributed by atoms with Gasteiger partial charge in [0.25, 0.3) is 5.91 Å². The number of ether oxygens (including phenoxy) is 1. The third kappa shape index (κ3) is 6.09. The van der Waals surface area contributed by atoms with Gasteiger partial charge in [0.2, 0.25) is 5.91 Å². The first kappa shape index (κ1) is 21.9. The molecule has 0 bridgehead atoms. The Morgan fingerprint density at radius 2 is 1.73 bits per heavy atom. The second-order valence-corrected chi connectivity index (χ2v) is 8.02. The van der Waals surface area contributed by atoms with Gasteiger partial charge in [-0.1, -0.05) is 67.8 Å². The Labute approximate surface area is 179 Å². The van der Waals surface area contributed by atoms with E-state index < -0.39 is 6.04 Å². The van der Waals surface area contributed by atoms with Crippen molar-refractivity contribution < 1.29 is 14.3 Å². The first-order valence-electron chi connectivity index (χ1n) is 10.9. The second kappa shape index (κ2) is 10.8. The molecule has 5 heteroatoms. The van der Waals surface area contributed by atoms with E-state index in [0.717, 1.165) is 36.8 Å². The summed E-state index contributed by atoms with van der Waals surface area (Å²) in [6, 6.07) is 17.1. The molecule has 0 saturated heterocycles. The number of carbonyl (C=O) groups excluding carboxylic acids is 2. The van der Waals surface area contributed by atoms with Crippen LogP contribution < -0.4 is 10.1 Å². The lowest BCUT2D eigenvalue weighted by molar-refractivity contribution is -0.143. The lowest BCUT2D eigenvalue weighted by Crippen LogP contribution is -2.52. The van der Waals surface area contributed by atoms with Crippen LogP contribution in [0.25, 0.3) is 0 Å². The molecule has 0 unspecified atom stereocenters. The van der Waals surface area contributed by atoms with Crippen molar-refractivity contribution in [3.8, 4) is 5.75 Å². The lowest BCUT2D eigenvalue weighted by atomic mass is 10.1. The van der Waals surface area contributed by atoms with Gasteiger partial charge in [-0.2, -0.15) is 0 Å². The van der Waals surface area contributed by atoms with Crippen LogP contribution >= 0.6 is 0 Å². The number of nitrogens with zero attached hydrogens (tertiary/aromatic N) is 1. The smallest absolute Gasteiger partial charge is 0.261 e. The highest BCUT2D eigenvalue weighted by Gasteiger charge is 2.30. The third-order valence-corrected chi connectivity index (χ3v) is 5.67. The Kier molecular flexibility index (Phi) is 7.89. The van der Waals surface area contributed by atoms with Crippen molar-refractivity contribution in [3.05, 3.63) is 65.7 Å². The fourth-order valence-corrected chi connectivity index (χ4v) is 3.93. The molecule has 2 aromatic rings. The Hall–Kier alpha value is -2.82. The van der Waals surface area contributed by atoms with Crippen LogP contribution in [0.1, 0.15) is 50.2 Å².